The van der Waals surface area contributed by atoms with Crippen LogP contribution in [-0.2, 0) is 6.42 Å². The van der Waals surface area contributed by atoms with Crippen LogP contribution in [0, 0.1) is 6.92 Å². The number of fused-ring (bicyclic) bond motifs is 1. The minimum absolute atomic E-state index is 0.329. The van der Waals surface area contributed by atoms with Gasteiger partial charge in [-0.05, 0) is 48.9 Å². The van der Waals surface area contributed by atoms with Crippen LogP contribution >= 0.6 is 11.6 Å². The molecule has 2 aromatic rings. The molecule has 1 atom stereocenters. The third-order valence-corrected chi connectivity index (χ3v) is 4.23. The normalized spacial score (nSPS) is 18.2. The number of rotatable bonds is 2. The monoisotopic (exact) mass is 286 g/mol. The van der Waals surface area contributed by atoms with Crippen molar-refractivity contribution in [2.75, 3.05) is 5.32 Å². The zero-order chi connectivity index (χ0) is 13.9. The molecule has 1 aliphatic carbocycles. The molecule has 3 heteroatoms. The van der Waals surface area contributed by atoms with E-state index >= 15 is 0 Å². The lowest BCUT2D eigenvalue weighted by Crippen LogP contribution is -2.12. The van der Waals surface area contributed by atoms with Crippen LogP contribution in [0.2, 0.25) is 5.15 Å². The zero-order valence-corrected chi connectivity index (χ0v) is 12.5. The largest absolute Gasteiger partial charge is 0.376 e. The average Bonchev–Trinajstić information content (AvgIpc) is 2.66. The first-order valence-corrected chi connectivity index (χ1v) is 7.58. The fourth-order valence-corrected chi connectivity index (χ4v) is 3.07. The van der Waals surface area contributed by atoms with Gasteiger partial charge in [-0.1, -0.05) is 42.3 Å². The summed E-state index contributed by atoms with van der Waals surface area (Å²) >= 11 is 6.21. The summed E-state index contributed by atoms with van der Waals surface area (Å²) in [6, 6.07) is 11.1. The van der Waals surface area contributed by atoms with Gasteiger partial charge in [-0.3, -0.25) is 0 Å². The Morgan fingerprint density at radius 3 is 3.00 bits per heavy atom. The number of nitrogens with one attached hydrogen (secondary N) is 1. The van der Waals surface area contributed by atoms with Gasteiger partial charge in [0.25, 0.3) is 0 Å². The summed E-state index contributed by atoms with van der Waals surface area (Å²) < 4.78 is 0. The topological polar surface area (TPSA) is 24.9 Å². The van der Waals surface area contributed by atoms with E-state index in [0.29, 0.717) is 11.2 Å². The Hall–Kier alpha value is -1.54. The summed E-state index contributed by atoms with van der Waals surface area (Å²) in [6.07, 6.45) is 6.61. The maximum absolute atomic E-state index is 6.21. The Bertz CT molecular complexity index is 610. The molecule has 20 heavy (non-hydrogen) atoms. The van der Waals surface area contributed by atoms with Crippen molar-refractivity contribution in [3.05, 3.63) is 58.4 Å². The SMILES string of the molecule is Cc1cnc(Cl)c(NC2CCCCc3ccccc32)c1. The van der Waals surface area contributed by atoms with Crippen molar-refractivity contribution in [1.29, 1.82) is 0 Å². The molecule has 1 unspecified atom stereocenters. The van der Waals surface area contributed by atoms with E-state index in [1.165, 1.54) is 30.4 Å². The molecule has 0 amide bonds. The summed E-state index contributed by atoms with van der Waals surface area (Å²) in [5.74, 6) is 0. The first-order chi connectivity index (χ1) is 9.74. The molecule has 0 fully saturated rings. The summed E-state index contributed by atoms with van der Waals surface area (Å²) in [7, 11) is 0. The third-order valence-electron chi connectivity index (χ3n) is 3.92. The average molecular weight is 287 g/mol. The predicted molar refractivity (Wildman–Crippen MR) is 84.3 cm³/mol. The Balaban J connectivity index is 1.92. The van der Waals surface area contributed by atoms with Gasteiger partial charge >= 0.3 is 0 Å². The van der Waals surface area contributed by atoms with Crippen LogP contribution < -0.4 is 5.32 Å². The number of nitrogens with zero attached hydrogens (tertiary/aromatic N) is 1. The molecule has 1 aromatic carbocycles. The molecule has 0 saturated carbocycles. The first kappa shape index (κ1) is 13.4. The molecule has 1 N–H and O–H groups in total. The van der Waals surface area contributed by atoms with Crippen LogP contribution in [0.3, 0.4) is 0 Å². The van der Waals surface area contributed by atoms with Crippen LogP contribution in [0.25, 0.3) is 0 Å². The Kier molecular flexibility index (Phi) is 3.93. The van der Waals surface area contributed by atoms with E-state index in [4.69, 9.17) is 11.6 Å². The van der Waals surface area contributed by atoms with Crippen LogP contribution in [0.1, 0.15) is 42.0 Å². The number of halogens is 1. The van der Waals surface area contributed by atoms with Gasteiger partial charge in [-0.25, -0.2) is 4.98 Å². The van der Waals surface area contributed by atoms with E-state index in [-0.39, 0.29) is 0 Å². The molecule has 1 aliphatic rings. The first-order valence-electron chi connectivity index (χ1n) is 7.20. The molecular weight excluding hydrogens is 268 g/mol. The minimum atomic E-state index is 0.329. The molecular formula is C17H19ClN2. The van der Waals surface area contributed by atoms with Gasteiger partial charge in [0.05, 0.1) is 11.7 Å². The highest BCUT2D eigenvalue weighted by Crippen LogP contribution is 2.33. The smallest absolute Gasteiger partial charge is 0.152 e. The van der Waals surface area contributed by atoms with Gasteiger partial charge < -0.3 is 5.32 Å². The Morgan fingerprint density at radius 2 is 2.10 bits per heavy atom. The maximum Gasteiger partial charge on any atom is 0.152 e. The van der Waals surface area contributed by atoms with E-state index in [9.17, 15) is 0 Å². The number of anilines is 1. The van der Waals surface area contributed by atoms with Gasteiger partial charge in [0.15, 0.2) is 5.15 Å². The van der Waals surface area contributed by atoms with Crippen molar-refractivity contribution in [1.82, 2.24) is 4.98 Å². The van der Waals surface area contributed by atoms with Crippen molar-refractivity contribution in [3.8, 4) is 0 Å². The summed E-state index contributed by atoms with van der Waals surface area (Å²) in [5, 5.41) is 4.14. The molecule has 0 bridgehead atoms. The van der Waals surface area contributed by atoms with Gasteiger partial charge in [0.1, 0.15) is 0 Å². The summed E-state index contributed by atoms with van der Waals surface area (Å²) in [6.45, 7) is 2.04. The van der Waals surface area contributed by atoms with Gasteiger partial charge in [0, 0.05) is 6.20 Å². The fourth-order valence-electron chi connectivity index (χ4n) is 2.91. The maximum atomic E-state index is 6.21. The Morgan fingerprint density at radius 1 is 1.25 bits per heavy atom. The number of hydrogen-bond acceptors (Lipinski definition) is 2. The standard InChI is InChI=1S/C17H19ClN2/c1-12-10-16(17(18)19-11-12)20-15-9-5-3-7-13-6-2-4-8-14(13)15/h2,4,6,8,10-11,15,20H,3,5,7,9H2,1H3. The third kappa shape index (κ3) is 2.80. The molecule has 1 heterocycles. The number of hydrogen-bond donors (Lipinski definition) is 1. The van der Waals surface area contributed by atoms with E-state index in [1.54, 1.807) is 6.20 Å². The van der Waals surface area contributed by atoms with Crippen LogP contribution in [-0.4, -0.2) is 4.98 Å². The number of aryl methyl sites for hydroxylation is 2. The molecule has 0 saturated heterocycles. The van der Waals surface area contributed by atoms with Crippen LogP contribution in [0.4, 0.5) is 5.69 Å². The molecule has 0 aliphatic heterocycles. The van der Waals surface area contributed by atoms with E-state index in [1.807, 2.05) is 6.92 Å². The summed E-state index contributed by atoms with van der Waals surface area (Å²) in [4.78, 5) is 4.23. The highest BCUT2D eigenvalue weighted by Gasteiger charge is 2.19. The predicted octanol–water partition coefficient (Wildman–Crippen LogP) is 4.92. The van der Waals surface area contributed by atoms with Crippen molar-refractivity contribution >= 4 is 17.3 Å². The molecule has 3 rings (SSSR count). The second-order valence-corrected chi connectivity index (χ2v) is 5.85. The van der Waals surface area contributed by atoms with E-state index in [2.05, 4.69) is 40.6 Å². The lowest BCUT2D eigenvalue weighted by molar-refractivity contribution is 0.644. The van der Waals surface area contributed by atoms with E-state index in [0.717, 1.165) is 17.7 Å². The summed E-state index contributed by atoms with van der Waals surface area (Å²) in [5.41, 5.74) is 4.92. The van der Waals surface area contributed by atoms with Gasteiger partial charge in [0.2, 0.25) is 0 Å². The zero-order valence-electron chi connectivity index (χ0n) is 11.7. The Labute approximate surface area is 125 Å². The number of aromatic nitrogens is 1. The second-order valence-electron chi connectivity index (χ2n) is 5.49. The molecule has 2 nitrogen and oxygen atoms in total. The quantitative estimate of drug-likeness (QED) is 0.626. The fraction of sp³-hybridized carbons (Fsp3) is 0.353. The van der Waals surface area contributed by atoms with Crippen molar-refractivity contribution < 1.29 is 0 Å². The second kappa shape index (κ2) is 5.84. The highest BCUT2D eigenvalue weighted by molar-refractivity contribution is 6.32. The van der Waals surface area contributed by atoms with Gasteiger partial charge in [-0.2, -0.15) is 0 Å². The van der Waals surface area contributed by atoms with Crippen molar-refractivity contribution in [2.24, 2.45) is 0 Å². The van der Waals surface area contributed by atoms with E-state index < -0.39 is 0 Å². The van der Waals surface area contributed by atoms with Crippen molar-refractivity contribution in [3.63, 3.8) is 0 Å². The lowest BCUT2D eigenvalue weighted by atomic mass is 9.99. The molecule has 104 valence electrons. The van der Waals surface area contributed by atoms with Crippen LogP contribution in [0.15, 0.2) is 36.5 Å². The lowest BCUT2D eigenvalue weighted by Gasteiger charge is -2.21. The number of pyridine rings is 1. The highest BCUT2D eigenvalue weighted by atomic mass is 35.5. The van der Waals surface area contributed by atoms with Gasteiger partial charge in [-0.15, -0.1) is 0 Å². The number of benzene rings is 1. The van der Waals surface area contributed by atoms with Crippen LogP contribution in [0.5, 0.6) is 0 Å². The minimum Gasteiger partial charge on any atom is -0.376 e. The molecule has 0 radical (unpaired) electrons. The molecule has 0 spiro atoms. The molecule has 1 aromatic heterocycles. The van der Waals surface area contributed by atoms with Crippen molar-refractivity contribution in [2.45, 2.75) is 38.6 Å².